The van der Waals surface area contributed by atoms with Crippen LogP contribution >= 0.6 is 11.6 Å². The van der Waals surface area contributed by atoms with Gasteiger partial charge in [0.25, 0.3) is 0 Å². The summed E-state index contributed by atoms with van der Waals surface area (Å²) in [6.45, 7) is 2.25. The zero-order valence-corrected chi connectivity index (χ0v) is 10.3. The number of nitrogens with zero attached hydrogens (tertiary/aromatic N) is 1. The van der Waals surface area contributed by atoms with Crippen LogP contribution in [-0.2, 0) is 0 Å². The Morgan fingerprint density at radius 3 is 3.00 bits per heavy atom. The lowest BCUT2D eigenvalue weighted by atomic mass is 9.89. The Kier molecular flexibility index (Phi) is 3.83. The van der Waals surface area contributed by atoms with Gasteiger partial charge in [0.1, 0.15) is 0 Å². The Morgan fingerprint density at radius 2 is 2.25 bits per heavy atom. The fraction of sp³-hybridized carbons (Fsp3) is 0.462. The highest BCUT2D eigenvalue weighted by Gasteiger charge is 2.15. The largest absolute Gasteiger partial charge is 0.279 e. The highest BCUT2D eigenvalue weighted by Crippen LogP contribution is 2.22. The molecular weight excluding hydrogens is 220 g/mol. The Balaban J connectivity index is 2.02. The molecule has 2 nitrogen and oxygen atoms in total. The van der Waals surface area contributed by atoms with Crippen LogP contribution in [0.3, 0.4) is 0 Å². The number of halogens is 1. The highest BCUT2D eigenvalue weighted by molar-refractivity contribution is 6.30. The molecule has 1 N–H and O–H groups in total. The van der Waals surface area contributed by atoms with Gasteiger partial charge in [-0.05, 0) is 43.4 Å². The lowest BCUT2D eigenvalue weighted by Crippen LogP contribution is -2.17. The molecular formula is C13H17ClN2. The Labute approximate surface area is 102 Å². The van der Waals surface area contributed by atoms with E-state index >= 15 is 0 Å². The molecule has 2 rings (SSSR count). The predicted molar refractivity (Wildman–Crippen MR) is 70.1 cm³/mol. The summed E-state index contributed by atoms with van der Waals surface area (Å²) in [5.41, 5.74) is 5.33. The van der Waals surface area contributed by atoms with E-state index in [1.165, 1.54) is 25.0 Å². The monoisotopic (exact) mass is 236 g/mol. The Hall–Kier alpha value is -1.02. The van der Waals surface area contributed by atoms with Gasteiger partial charge in [-0.25, -0.2) is 0 Å². The van der Waals surface area contributed by atoms with Gasteiger partial charge >= 0.3 is 0 Å². The second kappa shape index (κ2) is 5.35. The van der Waals surface area contributed by atoms with Crippen LogP contribution in [-0.4, -0.2) is 5.71 Å². The van der Waals surface area contributed by atoms with Gasteiger partial charge in [-0.1, -0.05) is 31.0 Å². The van der Waals surface area contributed by atoms with E-state index in [0.717, 1.165) is 17.1 Å². The second-order valence-electron chi connectivity index (χ2n) is 4.37. The average molecular weight is 237 g/mol. The summed E-state index contributed by atoms with van der Waals surface area (Å²) in [6, 6.07) is 7.65. The molecule has 0 spiro atoms. The van der Waals surface area contributed by atoms with E-state index in [4.69, 9.17) is 11.6 Å². The SMILES string of the molecule is C[C@@H]1CCCC/C1=N/Nc1cccc(Cl)c1. The van der Waals surface area contributed by atoms with Crippen LogP contribution < -0.4 is 5.43 Å². The van der Waals surface area contributed by atoms with Crippen molar-refractivity contribution in [1.29, 1.82) is 0 Å². The van der Waals surface area contributed by atoms with Crippen LogP contribution in [0.25, 0.3) is 0 Å². The number of rotatable bonds is 2. The number of nitrogens with one attached hydrogen (secondary N) is 1. The van der Waals surface area contributed by atoms with Gasteiger partial charge in [0.05, 0.1) is 5.69 Å². The summed E-state index contributed by atoms with van der Waals surface area (Å²) in [7, 11) is 0. The van der Waals surface area contributed by atoms with Gasteiger partial charge < -0.3 is 0 Å². The standard InChI is InChI=1S/C13H17ClN2/c1-10-5-2-3-8-13(10)16-15-12-7-4-6-11(14)9-12/h4,6-7,9-10,15H,2-3,5,8H2,1H3/b16-13-/t10-/m1/s1. The van der Waals surface area contributed by atoms with Crippen molar-refractivity contribution in [3.05, 3.63) is 29.3 Å². The maximum absolute atomic E-state index is 5.91. The average Bonchev–Trinajstić information content (AvgIpc) is 2.28. The lowest BCUT2D eigenvalue weighted by Gasteiger charge is -2.20. The fourth-order valence-corrected chi connectivity index (χ4v) is 2.22. The number of anilines is 1. The molecule has 0 amide bonds. The number of benzene rings is 1. The van der Waals surface area contributed by atoms with E-state index in [1.807, 2.05) is 24.3 Å². The van der Waals surface area contributed by atoms with Crippen molar-refractivity contribution in [3.63, 3.8) is 0 Å². The van der Waals surface area contributed by atoms with Gasteiger partial charge in [0, 0.05) is 10.7 Å². The van der Waals surface area contributed by atoms with E-state index in [1.54, 1.807) is 0 Å². The minimum Gasteiger partial charge on any atom is -0.279 e. The zero-order valence-electron chi connectivity index (χ0n) is 9.54. The topological polar surface area (TPSA) is 24.4 Å². The van der Waals surface area contributed by atoms with E-state index in [0.29, 0.717) is 5.92 Å². The van der Waals surface area contributed by atoms with Gasteiger partial charge in [0.15, 0.2) is 0 Å². The van der Waals surface area contributed by atoms with Gasteiger partial charge in [0.2, 0.25) is 0 Å². The minimum atomic E-state index is 0.612. The second-order valence-corrected chi connectivity index (χ2v) is 4.81. The normalized spacial score (nSPS) is 23.4. The molecule has 0 heterocycles. The van der Waals surface area contributed by atoms with Crippen molar-refractivity contribution in [1.82, 2.24) is 0 Å². The molecule has 0 aliphatic heterocycles. The van der Waals surface area contributed by atoms with E-state index in [-0.39, 0.29) is 0 Å². The summed E-state index contributed by atoms with van der Waals surface area (Å²) in [5.74, 6) is 0.612. The van der Waals surface area contributed by atoms with Crippen LogP contribution in [0.1, 0.15) is 32.6 Å². The number of hydrazone groups is 1. The van der Waals surface area contributed by atoms with E-state index < -0.39 is 0 Å². The quantitative estimate of drug-likeness (QED) is 0.760. The van der Waals surface area contributed by atoms with Crippen molar-refractivity contribution < 1.29 is 0 Å². The first kappa shape index (κ1) is 11.5. The molecule has 0 unspecified atom stereocenters. The van der Waals surface area contributed by atoms with Crippen molar-refractivity contribution in [2.75, 3.05) is 5.43 Å². The molecule has 0 saturated heterocycles. The third-order valence-electron chi connectivity index (χ3n) is 3.04. The molecule has 86 valence electrons. The summed E-state index contributed by atoms with van der Waals surface area (Å²) >= 11 is 5.91. The molecule has 3 heteroatoms. The molecule has 0 bridgehead atoms. The highest BCUT2D eigenvalue weighted by atomic mass is 35.5. The molecule has 16 heavy (non-hydrogen) atoms. The molecule has 1 aromatic rings. The zero-order chi connectivity index (χ0) is 11.4. The summed E-state index contributed by atoms with van der Waals surface area (Å²) in [5, 5.41) is 5.22. The van der Waals surface area contributed by atoms with Crippen molar-refractivity contribution >= 4 is 23.0 Å². The fourth-order valence-electron chi connectivity index (χ4n) is 2.03. The molecule has 0 aromatic heterocycles. The summed E-state index contributed by atoms with van der Waals surface area (Å²) < 4.78 is 0. The smallest absolute Gasteiger partial charge is 0.0576 e. The third-order valence-corrected chi connectivity index (χ3v) is 3.28. The minimum absolute atomic E-state index is 0.612. The summed E-state index contributed by atoms with van der Waals surface area (Å²) in [6.07, 6.45) is 4.97. The van der Waals surface area contributed by atoms with Crippen molar-refractivity contribution in [2.45, 2.75) is 32.6 Å². The maximum atomic E-state index is 5.91. The van der Waals surface area contributed by atoms with Crippen molar-refractivity contribution in [3.8, 4) is 0 Å². The lowest BCUT2D eigenvalue weighted by molar-refractivity contribution is 0.558. The van der Waals surface area contributed by atoms with Crippen molar-refractivity contribution in [2.24, 2.45) is 11.0 Å². The predicted octanol–water partition coefficient (Wildman–Crippen LogP) is 4.32. The molecule has 1 aliphatic carbocycles. The number of hydrogen-bond acceptors (Lipinski definition) is 2. The first-order valence-electron chi connectivity index (χ1n) is 5.84. The molecule has 1 saturated carbocycles. The van der Waals surface area contributed by atoms with Gasteiger partial charge in [-0.3, -0.25) is 5.43 Å². The van der Waals surface area contributed by atoms with E-state index in [2.05, 4.69) is 17.5 Å². The molecule has 1 atom stereocenters. The van der Waals surface area contributed by atoms with Crippen LogP contribution in [0.4, 0.5) is 5.69 Å². The number of hydrogen-bond donors (Lipinski definition) is 1. The van der Waals surface area contributed by atoms with E-state index in [9.17, 15) is 0 Å². The Morgan fingerprint density at radius 1 is 1.38 bits per heavy atom. The van der Waals surface area contributed by atoms with Gasteiger partial charge in [-0.2, -0.15) is 5.10 Å². The molecule has 1 fully saturated rings. The first-order chi connectivity index (χ1) is 7.75. The molecule has 0 radical (unpaired) electrons. The van der Waals surface area contributed by atoms with Crippen LogP contribution in [0.15, 0.2) is 29.4 Å². The van der Waals surface area contributed by atoms with Crippen LogP contribution in [0.5, 0.6) is 0 Å². The maximum Gasteiger partial charge on any atom is 0.0576 e. The first-order valence-corrected chi connectivity index (χ1v) is 6.21. The third kappa shape index (κ3) is 2.99. The molecule has 1 aliphatic rings. The Bertz CT molecular complexity index is 387. The van der Waals surface area contributed by atoms with Gasteiger partial charge in [-0.15, -0.1) is 0 Å². The summed E-state index contributed by atoms with van der Waals surface area (Å²) in [4.78, 5) is 0. The van der Waals surface area contributed by atoms with Crippen LogP contribution in [0, 0.1) is 5.92 Å². The molecule has 1 aromatic carbocycles. The van der Waals surface area contributed by atoms with Crippen LogP contribution in [0.2, 0.25) is 5.02 Å².